The van der Waals surface area contributed by atoms with Crippen molar-refractivity contribution in [3.63, 3.8) is 0 Å². The molecule has 0 unspecified atom stereocenters. The summed E-state index contributed by atoms with van der Waals surface area (Å²) in [5, 5.41) is 30.4. The average Bonchev–Trinajstić information content (AvgIpc) is 1.79. The number of halogens is 2. The Kier molecular flexibility index (Phi) is 22.1. The van der Waals surface area contributed by atoms with Crippen molar-refractivity contribution in [3.05, 3.63) is 179 Å². The molecule has 0 atom stereocenters. The van der Waals surface area contributed by atoms with Gasteiger partial charge in [-0.05, 0) is 193 Å². The van der Waals surface area contributed by atoms with Crippen LogP contribution in [0, 0.1) is 11.6 Å². The van der Waals surface area contributed by atoms with E-state index < -0.39 is 11.6 Å². The Bertz CT molecular complexity index is 3960. The minimum absolute atomic E-state index is 0.0389. The first-order valence-corrected chi connectivity index (χ1v) is 33.8. The number of aryl methyl sites for hydroxylation is 3. The molecule has 89 heavy (non-hydrogen) atoms. The molecule has 0 aliphatic rings. The molecule has 0 saturated heterocycles. The molecule has 10 aromatic rings. The number of nitrogens with zero attached hydrogens (tertiary/aromatic N) is 2. The highest BCUT2D eigenvalue weighted by Gasteiger charge is 2.30. The van der Waals surface area contributed by atoms with E-state index >= 15 is 8.78 Å². The Labute approximate surface area is 529 Å². The van der Waals surface area contributed by atoms with Crippen LogP contribution in [-0.2, 0) is 30.1 Å². The van der Waals surface area contributed by atoms with Gasteiger partial charge < -0.3 is 19.3 Å². The molecular weight excluding hydrogens is 1100 g/mol. The van der Waals surface area contributed by atoms with Crippen LogP contribution in [0.15, 0.2) is 140 Å². The molecule has 0 radical (unpaired) electrons. The number of aromatic hydroxyl groups is 2. The van der Waals surface area contributed by atoms with Crippen molar-refractivity contribution in [3.8, 4) is 56.6 Å². The maximum Gasteiger partial charge on any atom is 0.186 e. The summed E-state index contributed by atoms with van der Waals surface area (Å²) in [5.74, 6) is -0.870. The summed E-state index contributed by atoms with van der Waals surface area (Å²) in [6.07, 6.45) is 21.7. The van der Waals surface area contributed by atoms with Gasteiger partial charge in [0.25, 0.3) is 0 Å². The number of rotatable bonds is 28. The molecule has 0 aliphatic carbocycles. The lowest BCUT2D eigenvalue weighted by molar-refractivity contribution is -0.0988. The molecule has 10 rings (SSSR count). The standard InChI is InChI=1S/C76H86F2N2O4.C5H12/c1-10-15-22-39-75(6,7)53-44-63(73(81)69(46-53)79-65-28-21-20-27-57(65)58-41-50(24-17-12-3)29-34-66(58)79)61-48-55(77)32-37-71(61)83-84-72-38-33-56(78)49-62(72)64-45-54(76(8,9)40-23-16-11-2)47-70(74(64)82)80-67-35-30-51(25-18-13-4)42-59(67)60-43-52(26-19-14-5)31-36-68(60)80;1-3-5-4-2/h20-21,27-38,41-49,81-82H,10-19,22-26,39-40H2,1-9H3;3-5H2,1-2H3. The average molecular weight is 1200 g/mol. The predicted molar refractivity (Wildman–Crippen MR) is 372 cm³/mol. The van der Waals surface area contributed by atoms with E-state index in [2.05, 4.69) is 170 Å². The van der Waals surface area contributed by atoms with Gasteiger partial charge in [-0.15, -0.1) is 0 Å². The lowest BCUT2D eigenvalue weighted by atomic mass is 9.78. The van der Waals surface area contributed by atoms with Gasteiger partial charge in [0.2, 0.25) is 0 Å². The Morgan fingerprint density at radius 3 is 1.09 bits per heavy atom. The number of phenols is 2. The Hall–Kier alpha value is -7.58. The number of hydrogen-bond acceptors (Lipinski definition) is 4. The smallest absolute Gasteiger partial charge is 0.186 e. The monoisotopic (exact) mass is 1200 g/mol. The molecule has 0 amide bonds. The van der Waals surface area contributed by atoms with Crippen LogP contribution in [-0.4, -0.2) is 19.3 Å². The normalized spacial score (nSPS) is 12.0. The van der Waals surface area contributed by atoms with Crippen LogP contribution in [0.5, 0.6) is 23.0 Å². The Balaban J connectivity index is 0.00000181. The SMILES string of the molecule is CCCCC.CCCCCC(C)(C)c1cc(-c2cc(F)ccc2OOc2ccc(F)cc2-c2cc(C(C)(C)CCCCC)cc(-n3c4ccc(CCCC)cc4c4cc(CCCC)ccc43)c2O)c(O)c(-n2c3ccccc3c3cc(CCCC)ccc32)c1. The third-order valence-corrected chi connectivity index (χ3v) is 18.5. The molecule has 0 saturated carbocycles. The van der Waals surface area contributed by atoms with Gasteiger partial charge in [0.15, 0.2) is 11.5 Å². The lowest BCUT2D eigenvalue weighted by Crippen LogP contribution is -2.18. The number of unbranched alkanes of at least 4 members (excludes halogenated alkanes) is 9. The third-order valence-electron chi connectivity index (χ3n) is 18.5. The Morgan fingerprint density at radius 1 is 0.360 bits per heavy atom. The van der Waals surface area contributed by atoms with E-state index in [1.54, 1.807) is 0 Å². The van der Waals surface area contributed by atoms with Gasteiger partial charge >= 0.3 is 0 Å². The van der Waals surface area contributed by atoms with Gasteiger partial charge in [0.05, 0.1) is 33.4 Å². The second-order valence-corrected chi connectivity index (χ2v) is 26.3. The molecule has 2 N–H and O–H groups in total. The van der Waals surface area contributed by atoms with E-state index in [1.807, 2.05) is 18.2 Å². The first-order chi connectivity index (χ1) is 43.0. The summed E-state index contributed by atoms with van der Waals surface area (Å²) < 4.78 is 36.4. The largest absolute Gasteiger partial charge is 0.505 e. The van der Waals surface area contributed by atoms with Crippen molar-refractivity contribution >= 4 is 43.6 Å². The first kappa shape index (κ1) is 65.9. The number of fused-ring (bicyclic) bond motifs is 6. The second-order valence-electron chi connectivity index (χ2n) is 26.3. The number of aromatic nitrogens is 2. The third kappa shape index (κ3) is 14.7. The van der Waals surface area contributed by atoms with Crippen molar-refractivity contribution in [1.82, 2.24) is 9.13 Å². The van der Waals surface area contributed by atoms with Crippen LogP contribution in [0.2, 0.25) is 0 Å². The van der Waals surface area contributed by atoms with E-state index in [-0.39, 0.29) is 45.0 Å². The second kappa shape index (κ2) is 29.8. The molecule has 0 fully saturated rings. The highest BCUT2D eigenvalue weighted by atomic mass is 19.1. The van der Waals surface area contributed by atoms with Crippen molar-refractivity contribution in [2.75, 3.05) is 0 Å². The van der Waals surface area contributed by atoms with Gasteiger partial charge in [-0.25, -0.2) is 8.78 Å². The zero-order chi connectivity index (χ0) is 63.4. The minimum atomic E-state index is -0.528. The topological polar surface area (TPSA) is 68.8 Å². The maximum atomic E-state index is 16.1. The summed E-state index contributed by atoms with van der Waals surface area (Å²) in [4.78, 5) is 12.8. The van der Waals surface area contributed by atoms with Gasteiger partial charge in [-0.3, -0.25) is 9.78 Å². The highest BCUT2D eigenvalue weighted by Crippen LogP contribution is 2.49. The molecule has 6 nitrogen and oxygen atoms in total. The van der Waals surface area contributed by atoms with E-state index in [0.717, 1.165) is 164 Å². The van der Waals surface area contributed by atoms with Crippen LogP contribution in [0.3, 0.4) is 0 Å². The fourth-order valence-corrected chi connectivity index (χ4v) is 13.0. The Morgan fingerprint density at radius 2 is 0.719 bits per heavy atom. The van der Waals surface area contributed by atoms with Gasteiger partial charge in [-0.1, -0.05) is 190 Å². The maximum absolute atomic E-state index is 16.1. The molecule has 2 aromatic heterocycles. The van der Waals surface area contributed by atoms with E-state index in [0.29, 0.717) is 22.5 Å². The molecule has 8 heteroatoms. The summed E-state index contributed by atoms with van der Waals surface area (Å²) in [6, 6.07) is 44.9. The van der Waals surface area contributed by atoms with Crippen molar-refractivity contribution in [2.45, 2.75) is 215 Å². The number of hydrogen-bond donors (Lipinski definition) is 2. The van der Waals surface area contributed by atoms with Crippen LogP contribution in [0.25, 0.3) is 77.2 Å². The van der Waals surface area contributed by atoms with Crippen molar-refractivity contribution in [2.24, 2.45) is 0 Å². The zero-order valence-corrected chi connectivity index (χ0v) is 55.3. The van der Waals surface area contributed by atoms with Crippen LogP contribution >= 0.6 is 0 Å². The van der Waals surface area contributed by atoms with E-state index in [9.17, 15) is 10.2 Å². The predicted octanol–water partition coefficient (Wildman–Crippen LogP) is 24.2. The summed E-state index contributed by atoms with van der Waals surface area (Å²) >= 11 is 0. The van der Waals surface area contributed by atoms with Crippen LogP contribution < -0.4 is 9.78 Å². The first-order valence-electron chi connectivity index (χ1n) is 33.8. The quantitative estimate of drug-likeness (QED) is 0.0291. The number of phenolic OH excluding ortho intramolecular Hbond substituents is 2. The fraction of sp³-hybridized carbons (Fsp3) is 0.407. The van der Waals surface area contributed by atoms with Crippen molar-refractivity contribution < 1.29 is 28.8 Å². The molecule has 470 valence electrons. The molecule has 8 aromatic carbocycles. The minimum Gasteiger partial charge on any atom is -0.505 e. The number of para-hydroxylation sites is 1. The zero-order valence-electron chi connectivity index (χ0n) is 55.3. The fourth-order valence-electron chi connectivity index (χ4n) is 13.0. The van der Waals surface area contributed by atoms with Crippen LogP contribution in [0.4, 0.5) is 8.78 Å². The lowest BCUT2D eigenvalue weighted by Gasteiger charge is -2.28. The number of benzene rings is 8. The summed E-state index contributed by atoms with van der Waals surface area (Å²) in [7, 11) is 0. The van der Waals surface area contributed by atoms with Gasteiger partial charge in [-0.2, -0.15) is 0 Å². The van der Waals surface area contributed by atoms with Crippen molar-refractivity contribution in [1.29, 1.82) is 0 Å². The summed E-state index contributed by atoms with van der Waals surface area (Å²) in [5.41, 5.74) is 11.3. The van der Waals surface area contributed by atoms with Gasteiger partial charge in [0, 0.05) is 43.8 Å². The van der Waals surface area contributed by atoms with E-state index in [4.69, 9.17) is 9.78 Å². The molecule has 0 bridgehead atoms. The molecule has 0 spiro atoms. The van der Waals surface area contributed by atoms with E-state index in [1.165, 1.54) is 72.4 Å². The van der Waals surface area contributed by atoms with Crippen LogP contribution in [0.1, 0.15) is 213 Å². The summed E-state index contributed by atoms with van der Waals surface area (Å²) in [6.45, 7) is 24.4. The molecular formula is C81H98F2N2O4. The molecule has 2 heterocycles. The molecule has 0 aliphatic heterocycles. The highest BCUT2D eigenvalue weighted by molar-refractivity contribution is 6.11. The van der Waals surface area contributed by atoms with Gasteiger partial charge in [0.1, 0.15) is 23.1 Å².